The summed E-state index contributed by atoms with van der Waals surface area (Å²) in [5.74, 6) is 0.475. The molecule has 6 rings (SSSR count). The number of pyridine rings is 1. The van der Waals surface area contributed by atoms with Crippen LogP contribution in [0.25, 0.3) is 0 Å². The van der Waals surface area contributed by atoms with Gasteiger partial charge in [0, 0.05) is 22.9 Å². The Bertz CT molecular complexity index is 1470. The van der Waals surface area contributed by atoms with Crippen LogP contribution < -0.4 is 10.4 Å². The third-order valence-corrected chi connectivity index (χ3v) is 7.41. The fourth-order valence-corrected chi connectivity index (χ4v) is 5.79. The number of amides is 1. The van der Waals surface area contributed by atoms with E-state index in [1.54, 1.807) is 29.6 Å². The van der Waals surface area contributed by atoms with Crippen LogP contribution in [0.15, 0.2) is 75.0 Å². The van der Waals surface area contributed by atoms with Crippen LogP contribution in [0, 0.1) is 6.92 Å². The first-order chi connectivity index (χ1) is 17.0. The third-order valence-electron chi connectivity index (χ3n) is 6.28. The molecule has 2 aromatic carbocycles. The van der Waals surface area contributed by atoms with Gasteiger partial charge in [0.15, 0.2) is 17.3 Å². The van der Waals surface area contributed by atoms with Crippen LogP contribution in [0.4, 0.5) is 0 Å². The lowest BCUT2D eigenvalue weighted by Crippen LogP contribution is -2.55. The first kappa shape index (κ1) is 21.5. The van der Waals surface area contributed by atoms with Gasteiger partial charge in [-0.1, -0.05) is 47.6 Å². The van der Waals surface area contributed by atoms with Gasteiger partial charge in [-0.05, 0) is 29.7 Å². The molecule has 2 aliphatic heterocycles. The maximum Gasteiger partial charge on any atom is 0.278 e. The van der Waals surface area contributed by atoms with Crippen LogP contribution in [0.2, 0.25) is 0 Å². The maximum absolute atomic E-state index is 13.5. The highest BCUT2D eigenvalue weighted by Crippen LogP contribution is 2.42. The number of aromatic nitrogens is 3. The van der Waals surface area contributed by atoms with Gasteiger partial charge < -0.3 is 14.5 Å². The topological polar surface area (TPSA) is 105 Å². The predicted molar refractivity (Wildman–Crippen MR) is 129 cm³/mol. The fraction of sp³-hybridized carbons (Fsp3) is 0.200. The van der Waals surface area contributed by atoms with Crippen molar-refractivity contribution in [3.8, 4) is 5.75 Å². The summed E-state index contributed by atoms with van der Waals surface area (Å²) in [6.07, 6.45) is 1.55. The second-order valence-corrected chi connectivity index (χ2v) is 9.49. The van der Waals surface area contributed by atoms with E-state index < -0.39 is 17.1 Å². The minimum atomic E-state index is -0.614. The van der Waals surface area contributed by atoms with Gasteiger partial charge in [0.1, 0.15) is 13.2 Å². The highest BCUT2D eigenvalue weighted by atomic mass is 32.2. The highest BCUT2D eigenvalue weighted by Gasteiger charge is 2.39. The summed E-state index contributed by atoms with van der Waals surface area (Å²) >= 11 is 1.76. The summed E-state index contributed by atoms with van der Waals surface area (Å²) in [5.41, 5.74) is 2.65. The number of aryl methyl sites for hydroxylation is 1. The van der Waals surface area contributed by atoms with Crippen LogP contribution >= 0.6 is 11.8 Å². The molecule has 0 spiro atoms. The van der Waals surface area contributed by atoms with Crippen LogP contribution in [0.3, 0.4) is 0 Å². The lowest BCUT2D eigenvalue weighted by atomic mass is 9.94. The number of aromatic hydroxyl groups is 1. The second kappa shape index (κ2) is 8.31. The molecule has 10 heteroatoms. The Hall–Kier alpha value is -4.05. The normalized spacial score (nSPS) is 16.9. The molecule has 1 N–H and O–H groups in total. The van der Waals surface area contributed by atoms with E-state index in [-0.39, 0.29) is 30.8 Å². The SMILES string of the molecule is Cc1noc(CN2CN(C3c4ccccc4CSc4ccccc43)n3ccc(=O)c(O)c3C2=O)n1. The molecule has 176 valence electrons. The number of rotatable bonds is 3. The van der Waals surface area contributed by atoms with Crippen LogP contribution in [-0.2, 0) is 12.3 Å². The fourth-order valence-electron chi connectivity index (χ4n) is 4.70. The Balaban J connectivity index is 1.55. The van der Waals surface area contributed by atoms with E-state index in [9.17, 15) is 14.7 Å². The van der Waals surface area contributed by atoms with Crippen molar-refractivity contribution in [3.05, 3.63) is 105 Å². The number of thioether (sulfide) groups is 1. The minimum absolute atomic E-state index is 0.0451. The molecule has 4 heterocycles. The average molecular weight is 488 g/mol. The van der Waals surface area contributed by atoms with E-state index in [1.165, 1.54) is 16.5 Å². The zero-order valence-electron chi connectivity index (χ0n) is 18.8. The van der Waals surface area contributed by atoms with Gasteiger partial charge in [-0.15, -0.1) is 11.8 Å². The monoisotopic (exact) mass is 487 g/mol. The second-order valence-electron chi connectivity index (χ2n) is 8.47. The molecular weight excluding hydrogens is 466 g/mol. The first-order valence-corrected chi connectivity index (χ1v) is 12.1. The number of benzene rings is 2. The molecule has 1 amide bonds. The zero-order chi connectivity index (χ0) is 24.1. The Morgan fingerprint density at radius 3 is 2.66 bits per heavy atom. The van der Waals surface area contributed by atoms with Crippen molar-refractivity contribution in [1.82, 2.24) is 19.7 Å². The molecule has 2 aromatic heterocycles. The molecule has 0 bridgehead atoms. The summed E-state index contributed by atoms with van der Waals surface area (Å²) < 4.78 is 6.86. The number of carbonyl (C=O) groups excluding carboxylic acids is 1. The number of hydrogen-bond acceptors (Lipinski definition) is 8. The van der Waals surface area contributed by atoms with Crippen molar-refractivity contribution in [2.45, 2.75) is 30.2 Å². The van der Waals surface area contributed by atoms with E-state index >= 15 is 0 Å². The lowest BCUT2D eigenvalue weighted by Gasteiger charge is -2.43. The van der Waals surface area contributed by atoms with E-state index in [0.717, 1.165) is 21.8 Å². The quantitative estimate of drug-likeness (QED) is 0.470. The molecule has 0 radical (unpaired) electrons. The van der Waals surface area contributed by atoms with Gasteiger partial charge >= 0.3 is 0 Å². The van der Waals surface area contributed by atoms with Gasteiger partial charge in [0.05, 0.1) is 6.04 Å². The summed E-state index contributed by atoms with van der Waals surface area (Å²) in [6.45, 7) is 1.92. The molecule has 1 unspecified atom stereocenters. The van der Waals surface area contributed by atoms with Crippen LogP contribution in [0.1, 0.15) is 44.9 Å². The van der Waals surface area contributed by atoms with Gasteiger partial charge in [0.2, 0.25) is 11.3 Å². The largest absolute Gasteiger partial charge is 0.502 e. The first-order valence-electron chi connectivity index (χ1n) is 11.1. The predicted octanol–water partition coefficient (Wildman–Crippen LogP) is 3.19. The van der Waals surface area contributed by atoms with E-state index in [1.807, 2.05) is 29.3 Å². The third kappa shape index (κ3) is 3.57. The van der Waals surface area contributed by atoms with Crippen molar-refractivity contribution in [3.63, 3.8) is 0 Å². The maximum atomic E-state index is 13.5. The number of hydrogen-bond donors (Lipinski definition) is 1. The van der Waals surface area contributed by atoms with Crippen LogP contribution in [-0.4, -0.2) is 37.4 Å². The van der Waals surface area contributed by atoms with Crippen molar-refractivity contribution in [1.29, 1.82) is 0 Å². The molecule has 35 heavy (non-hydrogen) atoms. The summed E-state index contributed by atoms with van der Waals surface area (Å²) in [5, 5.41) is 16.5. The van der Waals surface area contributed by atoms with Crippen molar-refractivity contribution >= 4 is 17.7 Å². The highest BCUT2D eigenvalue weighted by molar-refractivity contribution is 7.98. The Labute approximate surface area is 204 Å². The summed E-state index contributed by atoms with van der Waals surface area (Å²) in [6, 6.07) is 17.4. The minimum Gasteiger partial charge on any atom is -0.502 e. The molecule has 0 saturated carbocycles. The molecule has 0 saturated heterocycles. The lowest BCUT2D eigenvalue weighted by molar-refractivity contribution is 0.0643. The zero-order valence-corrected chi connectivity index (χ0v) is 19.6. The Morgan fingerprint density at radius 2 is 1.86 bits per heavy atom. The van der Waals surface area contributed by atoms with Gasteiger partial charge in [-0.2, -0.15) is 4.98 Å². The number of carbonyl (C=O) groups is 1. The van der Waals surface area contributed by atoms with Gasteiger partial charge in [-0.3, -0.25) is 19.3 Å². The van der Waals surface area contributed by atoms with E-state index in [2.05, 4.69) is 34.4 Å². The molecule has 2 aliphatic rings. The Morgan fingerprint density at radius 1 is 1.09 bits per heavy atom. The molecule has 1 atom stereocenters. The smallest absolute Gasteiger partial charge is 0.278 e. The molecular formula is C25H21N5O4S. The Kier molecular flexibility index (Phi) is 5.10. The van der Waals surface area contributed by atoms with Crippen LogP contribution in [0.5, 0.6) is 5.75 Å². The van der Waals surface area contributed by atoms with Gasteiger partial charge in [-0.25, -0.2) is 0 Å². The average Bonchev–Trinajstić information content (AvgIpc) is 3.20. The number of fused-ring (bicyclic) bond motifs is 3. The van der Waals surface area contributed by atoms with Crippen molar-refractivity contribution in [2.24, 2.45) is 0 Å². The molecule has 0 aliphatic carbocycles. The standard InChI is InChI=1S/C25H21N5O4S/c1-15-26-21(34-27-15)12-28-14-30(29-11-10-19(31)24(32)23(29)25(28)33)22-17-7-3-2-6-16(17)13-35-20-9-5-4-8-18(20)22/h2-11,22,32H,12-14H2,1H3. The van der Waals surface area contributed by atoms with Crippen molar-refractivity contribution < 1.29 is 14.4 Å². The van der Waals surface area contributed by atoms with E-state index in [4.69, 9.17) is 4.52 Å². The van der Waals surface area contributed by atoms with Gasteiger partial charge in [0.25, 0.3) is 5.91 Å². The van der Waals surface area contributed by atoms with E-state index in [0.29, 0.717) is 5.82 Å². The summed E-state index contributed by atoms with van der Waals surface area (Å²) in [4.78, 5) is 32.7. The molecule has 9 nitrogen and oxygen atoms in total. The summed E-state index contributed by atoms with van der Waals surface area (Å²) in [7, 11) is 0. The van der Waals surface area contributed by atoms with Crippen molar-refractivity contribution in [2.75, 3.05) is 11.7 Å². The molecule has 4 aromatic rings. The molecule has 0 fully saturated rings. The number of nitrogens with zero attached hydrogens (tertiary/aromatic N) is 5.